The number of alkyl halides is 2. The van der Waals surface area contributed by atoms with Crippen LogP contribution < -0.4 is 16.0 Å². The molecule has 0 saturated heterocycles. The molecule has 8 nitrogen and oxygen atoms in total. The number of aromatic nitrogens is 3. The number of halogens is 2. The van der Waals surface area contributed by atoms with E-state index in [0.717, 1.165) is 0 Å². The van der Waals surface area contributed by atoms with Gasteiger partial charge in [-0.1, -0.05) is 19.1 Å². The molecule has 3 rings (SSSR count). The summed E-state index contributed by atoms with van der Waals surface area (Å²) >= 11 is 0. The van der Waals surface area contributed by atoms with E-state index in [-0.39, 0.29) is 34.8 Å². The molecule has 1 aromatic carbocycles. The lowest BCUT2D eigenvalue weighted by atomic mass is 10.1. The second-order valence-corrected chi connectivity index (χ2v) is 6.69. The number of aryl methyl sites for hydroxylation is 1. The molecule has 158 valence electrons. The largest absolute Gasteiger partial charge is 0.435 e. The van der Waals surface area contributed by atoms with Crippen LogP contribution in [0.15, 0.2) is 46.1 Å². The van der Waals surface area contributed by atoms with Crippen molar-refractivity contribution < 1.29 is 18.3 Å². The van der Waals surface area contributed by atoms with Gasteiger partial charge in [0.1, 0.15) is 11.4 Å². The van der Waals surface area contributed by atoms with Gasteiger partial charge in [0.15, 0.2) is 0 Å². The lowest BCUT2D eigenvalue weighted by Gasteiger charge is -2.18. The molecular weight excluding hydrogens is 398 g/mol. The van der Waals surface area contributed by atoms with E-state index in [1.807, 2.05) is 6.92 Å². The number of amides is 1. The van der Waals surface area contributed by atoms with Crippen LogP contribution in [0.4, 0.5) is 8.78 Å². The summed E-state index contributed by atoms with van der Waals surface area (Å²) in [5, 5.41) is 0.149. The minimum atomic E-state index is -2.91. The minimum Gasteiger partial charge on any atom is -0.435 e. The molecular formula is C20H20F2N4O4. The molecule has 1 N–H and O–H groups in total. The van der Waals surface area contributed by atoms with Gasteiger partial charge in [0.05, 0.1) is 10.9 Å². The summed E-state index contributed by atoms with van der Waals surface area (Å²) in [6.07, 6.45) is 2.00. The molecule has 2 aromatic heterocycles. The number of hydrogen-bond donors (Lipinski definition) is 1. The van der Waals surface area contributed by atoms with Crippen LogP contribution in [-0.2, 0) is 13.1 Å². The van der Waals surface area contributed by atoms with Crippen LogP contribution in [0.2, 0.25) is 0 Å². The summed E-state index contributed by atoms with van der Waals surface area (Å²) in [5.74, 6) is -0.358. The first-order valence-electron chi connectivity index (χ1n) is 9.22. The summed E-state index contributed by atoms with van der Waals surface area (Å²) in [6, 6.07) is 7.35. The summed E-state index contributed by atoms with van der Waals surface area (Å²) in [5.41, 5.74) is -0.0378. The Morgan fingerprint density at radius 1 is 1.27 bits per heavy atom. The number of nitrogens with one attached hydrogen (secondary N) is 1. The van der Waals surface area contributed by atoms with Crippen LogP contribution in [0.3, 0.4) is 0 Å². The van der Waals surface area contributed by atoms with E-state index in [0.29, 0.717) is 18.5 Å². The molecule has 0 atom stereocenters. The van der Waals surface area contributed by atoms with Gasteiger partial charge in [0.2, 0.25) is 0 Å². The van der Waals surface area contributed by atoms with E-state index < -0.39 is 17.9 Å². The average Bonchev–Trinajstić information content (AvgIpc) is 2.71. The second-order valence-electron chi connectivity index (χ2n) is 6.69. The standard InChI is InChI=1S/C20H20F2N4O4/c1-3-8-26-16-15(17(27)24-20(26)29)9-13(10-23-16)18(28)25(2)11-12-4-6-14(7-5-12)30-19(21)22/h4-7,9-10,19H,3,8,11H2,1-2H3,(H,24,27,29). The molecule has 0 radical (unpaired) electrons. The molecule has 0 saturated carbocycles. The van der Waals surface area contributed by atoms with E-state index >= 15 is 0 Å². The molecule has 0 fully saturated rings. The number of H-pyrrole nitrogens is 1. The highest BCUT2D eigenvalue weighted by Crippen LogP contribution is 2.17. The topological polar surface area (TPSA) is 97.3 Å². The lowest BCUT2D eigenvalue weighted by Crippen LogP contribution is -2.31. The zero-order chi connectivity index (χ0) is 21.8. The number of rotatable bonds is 7. The van der Waals surface area contributed by atoms with E-state index in [1.54, 1.807) is 19.2 Å². The van der Waals surface area contributed by atoms with Gasteiger partial charge < -0.3 is 9.64 Å². The minimum absolute atomic E-state index is 0.0267. The molecule has 0 aliphatic rings. The molecule has 2 heterocycles. The summed E-state index contributed by atoms with van der Waals surface area (Å²) in [6.45, 7) is -0.422. The Morgan fingerprint density at radius 3 is 2.60 bits per heavy atom. The fourth-order valence-electron chi connectivity index (χ4n) is 3.06. The van der Waals surface area contributed by atoms with Crippen LogP contribution in [0.25, 0.3) is 11.0 Å². The first-order valence-corrected chi connectivity index (χ1v) is 9.22. The number of fused-ring (bicyclic) bond motifs is 1. The first kappa shape index (κ1) is 21.2. The fourth-order valence-corrected chi connectivity index (χ4v) is 3.06. The van der Waals surface area contributed by atoms with Gasteiger partial charge in [-0.15, -0.1) is 0 Å². The van der Waals surface area contributed by atoms with E-state index in [4.69, 9.17) is 0 Å². The van der Waals surface area contributed by atoms with Gasteiger partial charge in [0.25, 0.3) is 11.5 Å². The Balaban J connectivity index is 1.83. The zero-order valence-electron chi connectivity index (χ0n) is 16.4. The fraction of sp³-hybridized carbons (Fsp3) is 0.300. The molecule has 3 aromatic rings. The van der Waals surface area contributed by atoms with E-state index in [9.17, 15) is 23.2 Å². The maximum atomic E-state index is 12.8. The molecule has 0 bridgehead atoms. The van der Waals surface area contributed by atoms with Crippen LogP contribution in [0.5, 0.6) is 5.75 Å². The van der Waals surface area contributed by atoms with Crippen molar-refractivity contribution in [3.8, 4) is 5.75 Å². The van der Waals surface area contributed by atoms with Gasteiger partial charge in [-0.25, -0.2) is 9.78 Å². The number of carbonyl (C=O) groups is 1. The SMILES string of the molecule is CCCn1c(=O)[nH]c(=O)c2cc(C(=O)N(C)Cc3ccc(OC(F)F)cc3)cnc21. The Hall–Kier alpha value is -3.56. The number of ether oxygens (including phenoxy) is 1. The molecule has 0 spiro atoms. The van der Waals surface area contributed by atoms with Crippen molar-refractivity contribution in [2.45, 2.75) is 33.0 Å². The molecule has 0 aliphatic heterocycles. The van der Waals surface area contributed by atoms with Crippen LogP contribution in [0.1, 0.15) is 29.3 Å². The van der Waals surface area contributed by atoms with Gasteiger partial charge in [-0.3, -0.25) is 19.1 Å². The van der Waals surface area contributed by atoms with Crippen molar-refractivity contribution in [2.75, 3.05) is 7.05 Å². The highest BCUT2D eigenvalue weighted by atomic mass is 19.3. The number of aromatic amines is 1. The number of hydrogen-bond acceptors (Lipinski definition) is 5. The first-order chi connectivity index (χ1) is 14.3. The van der Waals surface area contributed by atoms with Crippen molar-refractivity contribution in [3.05, 3.63) is 68.5 Å². The quantitative estimate of drug-likeness (QED) is 0.635. The smallest absolute Gasteiger partial charge is 0.387 e. The third-order valence-corrected chi connectivity index (χ3v) is 4.44. The van der Waals surface area contributed by atoms with Crippen molar-refractivity contribution >= 4 is 16.9 Å². The Bertz CT molecular complexity index is 1170. The monoisotopic (exact) mass is 418 g/mol. The van der Waals surface area contributed by atoms with Crippen molar-refractivity contribution in [1.82, 2.24) is 19.4 Å². The molecule has 30 heavy (non-hydrogen) atoms. The molecule has 10 heteroatoms. The van der Waals surface area contributed by atoms with Gasteiger partial charge >= 0.3 is 12.3 Å². The number of benzene rings is 1. The average molecular weight is 418 g/mol. The number of carbonyl (C=O) groups excluding carboxylic acids is 1. The van der Waals surface area contributed by atoms with Gasteiger partial charge in [-0.2, -0.15) is 8.78 Å². The third-order valence-electron chi connectivity index (χ3n) is 4.44. The second kappa shape index (κ2) is 8.85. The number of pyridine rings is 1. The highest BCUT2D eigenvalue weighted by Gasteiger charge is 2.16. The number of nitrogens with zero attached hydrogens (tertiary/aromatic N) is 3. The van der Waals surface area contributed by atoms with E-state index in [1.165, 1.54) is 33.9 Å². The maximum Gasteiger partial charge on any atom is 0.387 e. The summed E-state index contributed by atoms with van der Waals surface area (Å²) in [7, 11) is 1.57. The third kappa shape index (κ3) is 4.53. The Kier molecular flexibility index (Phi) is 6.24. The van der Waals surface area contributed by atoms with Crippen LogP contribution in [-0.4, -0.2) is 39.0 Å². The molecule has 0 aliphatic carbocycles. The van der Waals surface area contributed by atoms with E-state index in [2.05, 4.69) is 14.7 Å². The predicted octanol–water partition coefficient (Wildman–Crippen LogP) is 2.37. The van der Waals surface area contributed by atoms with Crippen molar-refractivity contribution in [1.29, 1.82) is 0 Å². The molecule has 0 unspecified atom stereocenters. The van der Waals surface area contributed by atoms with Gasteiger partial charge in [-0.05, 0) is 30.2 Å². The normalized spacial score (nSPS) is 11.1. The maximum absolute atomic E-state index is 12.8. The predicted molar refractivity (Wildman–Crippen MR) is 106 cm³/mol. The van der Waals surface area contributed by atoms with Crippen molar-refractivity contribution in [3.63, 3.8) is 0 Å². The van der Waals surface area contributed by atoms with Crippen molar-refractivity contribution in [2.24, 2.45) is 0 Å². The molecule has 1 amide bonds. The van der Waals surface area contributed by atoms with Crippen LogP contribution in [0, 0.1) is 0 Å². The lowest BCUT2D eigenvalue weighted by molar-refractivity contribution is -0.0498. The highest BCUT2D eigenvalue weighted by molar-refractivity contribution is 5.96. The summed E-state index contributed by atoms with van der Waals surface area (Å²) in [4.78, 5) is 44.8. The zero-order valence-corrected chi connectivity index (χ0v) is 16.4. The van der Waals surface area contributed by atoms with Gasteiger partial charge in [0, 0.05) is 26.3 Å². The Labute approximate surface area is 169 Å². The summed E-state index contributed by atoms with van der Waals surface area (Å²) < 4.78 is 30.1. The van der Waals surface area contributed by atoms with Crippen LogP contribution >= 0.6 is 0 Å². The Morgan fingerprint density at radius 2 is 1.97 bits per heavy atom.